The Morgan fingerprint density at radius 2 is 2.04 bits per heavy atom. The molecular formula is C20H17N3OS2. The van der Waals surface area contributed by atoms with Crippen LogP contribution in [0.3, 0.4) is 0 Å². The van der Waals surface area contributed by atoms with E-state index in [1.165, 1.54) is 5.56 Å². The maximum Gasteiger partial charge on any atom is 0.234 e. The summed E-state index contributed by atoms with van der Waals surface area (Å²) in [5, 5.41) is 4.98. The van der Waals surface area contributed by atoms with Gasteiger partial charge in [0.1, 0.15) is 0 Å². The third kappa shape index (κ3) is 3.98. The van der Waals surface area contributed by atoms with E-state index >= 15 is 0 Å². The summed E-state index contributed by atoms with van der Waals surface area (Å²) < 4.78 is 2.01. The van der Waals surface area contributed by atoms with E-state index in [1.54, 1.807) is 23.1 Å². The molecule has 4 aromatic rings. The minimum atomic E-state index is 0.00825. The fourth-order valence-electron chi connectivity index (χ4n) is 2.66. The van der Waals surface area contributed by atoms with E-state index in [1.807, 2.05) is 64.6 Å². The Morgan fingerprint density at radius 3 is 2.88 bits per heavy atom. The van der Waals surface area contributed by atoms with Crippen molar-refractivity contribution in [1.29, 1.82) is 0 Å². The van der Waals surface area contributed by atoms with Crippen molar-refractivity contribution in [3.05, 3.63) is 77.9 Å². The van der Waals surface area contributed by atoms with Gasteiger partial charge in [-0.25, -0.2) is 4.98 Å². The van der Waals surface area contributed by atoms with Crippen molar-refractivity contribution in [3.63, 3.8) is 0 Å². The molecule has 0 bridgehead atoms. The van der Waals surface area contributed by atoms with E-state index in [0.717, 1.165) is 27.7 Å². The number of nitrogens with one attached hydrogen (secondary N) is 1. The molecule has 6 heteroatoms. The molecule has 0 unspecified atom stereocenters. The van der Waals surface area contributed by atoms with Gasteiger partial charge in [0.15, 0.2) is 4.96 Å². The molecule has 0 radical (unpaired) electrons. The predicted molar refractivity (Wildman–Crippen MR) is 110 cm³/mol. The molecule has 0 atom stereocenters. The average Bonchev–Trinajstić information content (AvgIpc) is 3.25. The highest BCUT2D eigenvalue weighted by atomic mass is 32.2. The first kappa shape index (κ1) is 16.9. The molecule has 0 spiro atoms. The lowest BCUT2D eigenvalue weighted by Gasteiger charge is -2.07. The van der Waals surface area contributed by atoms with Gasteiger partial charge in [-0.1, -0.05) is 42.5 Å². The number of rotatable bonds is 6. The monoisotopic (exact) mass is 379 g/mol. The van der Waals surface area contributed by atoms with E-state index in [4.69, 9.17) is 0 Å². The van der Waals surface area contributed by atoms with Gasteiger partial charge in [0.2, 0.25) is 5.91 Å². The Hall–Kier alpha value is -2.57. The number of imidazole rings is 1. The first-order valence-corrected chi connectivity index (χ1v) is 10.3. The number of hydrogen-bond acceptors (Lipinski definition) is 4. The molecule has 0 saturated heterocycles. The van der Waals surface area contributed by atoms with Crippen molar-refractivity contribution in [2.75, 3.05) is 11.1 Å². The lowest BCUT2D eigenvalue weighted by Crippen LogP contribution is -2.14. The zero-order valence-electron chi connectivity index (χ0n) is 14.0. The third-order valence-corrected chi connectivity index (χ3v) is 5.65. The third-order valence-electron chi connectivity index (χ3n) is 3.88. The maximum atomic E-state index is 12.2. The van der Waals surface area contributed by atoms with Gasteiger partial charge in [-0.05, 0) is 17.7 Å². The number of benzene rings is 2. The highest BCUT2D eigenvalue weighted by Crippen LogP contribution is 2.24. The van der Waals surface area contributed by atoms with Crippen LogP contribution in [0.1, 0.15) is 5.56 Å². The van der Waals surface area contributed by atoms with Crippen molar-refractivity contribution < 1.29 is 4.79 Å². The van der Waals surface area contributed by atoms with Crippen LogP contribution >= 0.6 is 23.1 Å². The average molecular weight is 380 g/mol. The van der Waals surface area contributed by atoms with Gasteiger partial charge >= 0.3 is 0 Å². The Bertz CT molecular complexity index is 995. The topological polar surface area (TPSA) is 46.4 Å². The van der Waals surface area contributed by atoms with Gasteiger partial charge in [-0.15, -0.1) is 23.1 Å². The summed E-state index contributed by atoms with van der Waals surface area (Å²) in [5.41, 5.74) is 3.93. The first-order chi connectivity index (χ1) is 12.8. The molecule has 2 aromatic carbocycles. The molecule has 2 heterocycles. The minimum Gasteiger partial charge on any atom is -0.325 e. The van der Waals surface area contributed by atoms with Crippen LogP contribution in [0.4, 0.5) is 5.69 Å². The largest absolute Gasteiger partial charge is 0.325 e. The maximum absolute atomic E-state index is 12.2. The Morgan fingerprint density at radius 1 is 1.15 bits per heavy atom. The Labute approximate surface area is 159 Å². The molecule has 4 rings (SSSR count). The normalized spacial score (nSPS) is 10.9. The van der Waals surface area contributed by atoms with Gasteiger partial charge in [0, 0.05) is 34.8 Å². The molecule has 4 nitrogen and oxygen atoms in total. The number of aromatic nitrogens is 2. The number of amides is 1. The van der Waals surface area contributed by atoms with Crippen LogP contribution in [-0.4, -0.2) is 21.0 Å². The summed E-state index contributed by atoms with van der Waals surface area (Å²) in [6.45, 7) is 0. The molecular weight excluding hydrogens is 362 g/mol. The molecule has 0 fully saturated rings. The molecule has 2 aromatic heterocycles. The van der Waals surface area contributed by atoms with Gasteiger partial charge < -0.3 is 5.32 Å². The molecule has 0 aliphatic carbocycles. The van der Waals surface area contributed by atoms with Crippen molar-refractivity contribution in [3.8, 4) is 11.3 Å². The Kier molecular flexibility index (Phi) is 5.04. The number of nitrogens with zero attached hydrogens (tertiary/aromatic N) is 2. The van der Waals surface area contributed by atoms with Gasteiger partial charge in [0.05, 0.1) is 11.4 Å². The van der Waals surface area contributed by atoms with Gasteiger partial charge in [-0.3, -0.25) is 9.20 Å². The molecule has 0 aliphatic rings. The lowest BCUT2D eigenvalue weighted by atomic mass is 10.1. The predicted octanol–water partition coefficient (Wildman–Crippen LogP) is 4.93. The Balaban J connectivity index is 1.37. The van der Waals surface area contributed by atoms with Gasteiger partial charge in [0.25, 0.3) is 0 Å². The molecule has 130 valence electrons. The molecule has 26 heavy (non-hydrogen) atoms. The molecule has 1 amide bonds. The van der Waals surface area contributed by atoms with Crippen LogP contribution in [0.25, 0.3) is 16.2 Å². The van der Waals surface area contributed by atoms with Crippen LogP contribution in [0.2, 0.25) is 0 Å². The molecule has 0 aliphatic heterocycles. The highest BCUT2D eigenvalue weighted by molar-refractivity contribution is 7.99. The smallest absolute Gasteiger partial charge is 0.234 e. The zero-order chi connectivity index (χ0) is 17.8. The standard InChI is InChI=1S/C20H17N3OS2/c24-19(14-25-13-15-5-2-1-3-6-15)21-17-8-4-7-16(11-17)18-12-23-9-10-26-20(23)22-18/h1-12H,13-14H2,(H,21,24). The quantitative estimate of drug-likeness (QED) is 0.516. The van der Waals surface area contributed by atoms with Crippen molar-refractivity contribution in [2.45, 2.75) is 5.75 Å². The van der Waals surface area contributed by atoms with Crippen LogP contribution in [0.5, 0.6) is 0 Å². The number of carbonyl (C=O) groups excluding carboxylic acids is 1. The number of thiazole rings is 1. The summed E-state index contributed by atoms with van der Waals surface area (Å²) in [5.74, 6) is 1.27. The van der Waals surface area contributed by atoms with E-state index in [9.17, 15) is 4.79 Å². The van der Waals surface area contributed by atoms with Crippen LogP contribution in [-0.2, 0) is 10.5 Å². The lowest BCUT2D eigenvalue weighted by molar-refractivity contribution is -0.113. The summed E-state index contributed by atoms with van der Waals surface area (Å²) in [6.07, 6.45) is 3.99. The second kappa shape index (κ2) is 7.76. The second-order valence-corrected chi connectivity index (χ2v) is 7.68. The molecule has 0 saturated carbocycles. The van der Waals surface area contributed by atoms with Crippen LogP contribution < -0.4 is 5.32 Å². The zero-order valence-corrected chi connectivity index (χ0v) is 15.6. The van der Waals surface area contributed by atoms with E-state index in [-0.39, 0.29) is 5.91 Å². The highest BCUT2D eigenvalue weighted by Gasteiger charge is 2.08. The SMILES string of the molecule is O=C(CSCc1ccccc1)Nc1cccc(-c2cn3ccsc3n2)c1. The van der Waals surface area contributed by atoms with Crippen molar-refractivity contribution in [1.82, 2.24) is 9.38 Å². The fourth-order valence-corrected chi connectivity index (χ4v) is 4.14. The van der Waals surface area contributed by atoms with Crippen molar-refractivity contribution >= 4 is 39.7 Å². The number of fused-ring (bicyclic) bond motifs is 1. The fraction of sp³-hybridized carbons (Fsp3) is 0.100. The van der Waals surface area contributed by atoms with Crippen LogP contribution in [0.15, 0.2) is 72.4 Å². The van der Waals surface area contributed by atoms with E-state index < -0.39 is 0 Å². The van der Waals surface area contributed by atoms with E-state index in [2.05, 4.69) is 22.4 Å². The summed E-state index contributed by atoms with van der Waals surface area (Å²) in [6, 6.07) is 18.0. The van der Waals surface area contributed by atoms with Gasteiger partial charge in [-0.2, -0.15) is 0 Å². The number of carbonyl (C=O) groups is 1. The summed E-state index contributed by atoms with van der Waals surface area (Å²) in [4.78, 5) is 17.8. The van der Waals surface area contributed by atoms with E-state index in [0.29, 0.717) is 5.75 Å². The minimum absolute atomic E-state index is 0.00825. The molecule has 1 N–H and O–H groups in total. The second-order valence-electron chi connectivity index (χ2n) is 5.83. The first-order valence-electron chi connectivity index (χ1n) is 8.22. The van der Waals surface area contributed by atoms with Crippen molar-refractivity contribution in [2.24, 2.45) is 0 Å². The number of anilines is 1. The number of hydrogen-bond donors (Lipinski definition) is 1. The van der Waals surface area contributed by atoms with Crippen LogP contribution in [0, 0.1) is 0 Å². The summed E-state index contributed by atoms with van der Waals surface area (Å²) in [7, 11) is 0. The summed E-state index contributed by atoms with van der Waals surface area (Å²) >= 11 is 3.22. The number of thioether (sulfide) groups is 1.